The van der Waals surface area contributed by atoms with Gasteiger partial charge in [-0.25, -0.2) is 0 Å². The molecule has 0 bridgehead atoms. The molecule has 2 aliphatic rings. The molecule has 0 atom stereocenters. The fourth-order valence-corrected chi connectivity index (χ4v) is 2.44. The molecule has 1 aromatic carbocycles. The second kappa shape index (κ2) is 5.44. The summed E-state index contributed by atoms with van der Waals surface area (Å²) in [5.41, 5.74) is 2.46. The van der Waals surface area contributed by atoms with E-state index in [2.05, 4.69) is 26.0 Å². The van der Waals surface area contributed by atoms with Crippen LogP contribution in [0.2, 0.25) is 0 Å². The molecular formula is C17H24O2. The first kappa shape index (κ1) is 12.8. The minimum absolute atomic E-state index is 0.783. The van der Waals surface area contributed by atoms with Crippen LogP contribution in [-0.2, 0) is 0 Å². The maximum Gasteiger partial charge on any atom is 0.122 e. The van der Waals surface area contributed by atoms with Crippen LogP contribution in [0.5, 0.6) is 11.5 Å². The molecule has 2 fully saturated rings. The van der Waals surface area contributed by atoms with Gasteiger partial charge in [-0.1, -0.05) is 6.42 Å². The summed E-state index contributed by atoms with van der Waals surface area (Å²) in [6, 6.07) is 4.14. The van der Waals surface area contributed by atoms with Crippen molar-refractivity contribution in [3.05, 3.63) is 23.3 Å². The molecule has 3 rings (SSSR count). The summed E-state index contributed by atoms with van der Waals surface area (Å²) in [5.74, 6) is 3.64. The van der Waals surface area contributed by atoms with Crippen LogP contribution in [0.15, 0.2) is 12.1 Å². The van der Waals surface area contributed by atoms with Crippen molar-refractivity contribution < 1.29 is 9.47 Å². The Kier molecular flexibility index (Phi) is 3.67. The summed E-state index contributed by atoms with van der Waals surface area (Å²) in [7, 11) is 0. The first-order chi connectivity index (χ1) is 9.24. The monoisotopic (exact) mass is 260 g/mol. The Morgan fingerprint density at radius 1 is 0.842 bits per heavy atom. The van der Waals surface area contributed by atoms with E-state index in [1.165, 1.54) is 43.2 Å². The Hall–Kier alpha value is -1.18. The van der Waals surface area contributed by atoms with Gasteiger partial charge in [0.25, 0.3) is 0 Å². The first-order valence-corrected chi connectivity index (χ1v) is 7.60. The van der Waals surface area contributed by atoms with Gasteiger partial charge in [-0.2, -0.15) is 0 Å². The average Bonchev–Trinajstić information content (AvgIpc) is 3.15. The van der Waals surface area contributed by atoms with Gasteiger partial charge in [0.05, 0.1) is 13.2 Å². The normalized spacial score (nSPS) is 19.1. The molecule has 2 aliphatic carbocycles. The lowest BCUT2D eigenvalue weighted by molar-refractivity contribution is 0.179. The molecule has 2 nitrogen and oxygen atoms in total. The highest BCUT2D eigenvalue weighted by molar-refractivity contribution is 5.47. The highest BCUT2D eigenvalue weighted by Gasteiger charge is 2.22. The Labute approximate surface area is 116 Å². The zero-order chi connectivity index (χ0) is 13.2. The molecule has 0 aliphatic heterocycles. The number of hydrogen-bond acceptors (Lipinski definition) is 2. The van der Waals surface area contributed by atoms with E-state index >= 15 is 0 Å². The van der Waals surface area contributed by atoms with Crippen molar-refractivity contribution >= 4 is 0 Å². The second-order valence-corrected chi connectivity index (χ2v) is 6.17. The van der Waals surface area contributed by atoms with Crippen molar-refractivity contribution in [1.82, 2.24) is 0 Å². The molecule has 0 radical (unpaired) electrons. The standard InChI is InChI=1S/C17H24O2/c1-12-13(2)17(19-11-15-6-7-15)9-8-16(12)18-10-14-4-3-5-14/h8-9,14-15H,3-7,10-11H2,1-2H3. The van der Waals surface area contributed by atoms with Crippen LogP contribution in [0.25, 0.3) is 0 Å². The third-order valence-corrected chi connectivity index (χ3v) is 4.56. The molecule has 0 saturated heterocycles. The molecule has 104 valence electrons. The lowest BCUT2D eigenvalue weighted by Crippen LogP contribution is -2.19. The van der Waals surface area contributed by atoms with Gasteiger partial charge in [-0.15, -0.1) is 0 Å². The quantitative estimate of drug-likeness (QED) is 0.760. The Morgan fingerprint density at radius 3 is 1.68 bits per heavy atom. The average molecular weight is 260 g/mol. The van der Waals surface area contributed by atoms with Crippen LogP contribution in [0.1, 0.15) is 43.2 Å². The van der Waals surface area contributed by atoms with Crippen molar-refractivity contribution in [2.45, 2.75) is 46.0 Å². The fourth-order valence-electron chi connectivity index (χ4n) is 2.44. The minimum Gasteiger partial charge on any atom is -0.493 e. The smallest absolute Gasteiger partial charge is 0.122 e. The molecular weight excluding hydrogens is 236 g/mol. The SMILES string of the molecule is Cc1c(OCC2CCC2)ccc(OCC2CC2)c1C. The van der Waals surface area contributed by atoms with Crippen molar-refractivity contribution in [2.75, 3.05) is 13.2 Å². The van der Waals surface area contributed by atoms with Crippen LogP contribution < -0.4 is 9.47 Å². The van der Waals surface area contributed by atoms with Gasteiger partial charge >= 0.3 is 0 Å². The predicted molar refractivity (Wildman–Crippen MR) is 77.0 cm³/mol. The van der Waals surface area contributed by atoms with E-state index < -0.39 is 0 Å². The summed E-state index contributed by atoms with van der Waals surface area (Å²) >= 11 is 0. The lowest BCUT2D eigenvalue weighted by atomic mass is 9.86. The highest BCUT2D eigenvalue weighted by atomic mass is 16.5. The van der Waals surface area contributed by atoms with Crippen molar-refractivity contribution in [3.63, 3.8) is 0 Å². The van der Waals surface area contributed by atoms with Gasteiger partial charge in [-0.05, 0) is 74.6 Å². The van der Waals surface area contributed by atoms with Crippen LogP contribution in [-0.4, -0.2) is 13.2 Å². The maximum absolute atomic E-state index is 5.96. The number of hydrogen-bond donors (Lipinski definition) is 0. The van der Waals surface area contributed by atoms with Gasteiger partial charge < -0.3 is 9.47 Å². The molecule has 0 aromatic heterocycles. The van der Waals surface area contributed by atoms with Gasteiger partial charge in [0.2, 0.25) is 0 Å². The van der Waals surface area contributed by atoms with E-state index in [0.29, 0.717) is 0 Å². The van der Waals surface area contributed by atoms with Gasteiger partial charge in [-0.3, -0.25) is 0 Å². The number of ether oxygens (including phenoxy) is 2. The molecule has 0 N–H and O–H groups in total. The van der Waals surface area contributed by atoms with E-state index in [-0.39, 0.29) is 0 Å². The molecule has 0 unspecified atom stereocenters. The zero-order valence-electron chi connectivity index (χ0n) is 12.1. The summed E-state index contributed by atoms with van der Waals surface area (Å²) < 4.78 is 11.9. The third-order valence-electron chi connectivity index (χ3n) is 4.56. The molecule has 0 heterocycles. The van der Waals surface area contributed by atoms with Crippen LogP contribution >= 0.6 is 0 Å². The Balaban J connectivity index is 1.61. The third kappa shape index (κ3) is 3.05. The molecule has 19 heavy (non-hydrogen) atoms. The van der Waals surface area contributed by atoms with Gasteiger partial charge in [0.15, 0.2) is 0 Å². The lowest BCUT2D eigenvalue weighted by Gasteiger charge is -2.26. The topological polar surface area (TPSA) is 18.5 Å². The van der Waals surface area contributed by atoms with E-state index in [4.69, 9.17) is 9.47 Å². The van der Waals surface area contributed by atoms with Crippen LogP contribution in [0.3, 0.4) is 0 Å². The molecule has 1 aromatic rings. The Bertz CT molecular complexity index is 445. The second-order valence-electron chi connectivity index (χ2n) is 6.17. The van der Waals surface area contributed by atoms with Gasteiger partial charge in [0.1, 0.15) is 11.5 Å². The summed E-state index contributed by atoms with van der Waals surface area (Å²) in [6.45, 7) is 6.02. The predicted octanol–water partition coefficient (Wildman–Crippen LogP) is 4.27. The van der Waals surface area contributed by atoms with E-state index in [1.54, 1.807) is 0 Å². The molecule has 2 heteroatoms. The van der Waals surface area contributed by atoms with Crippen LogP contribution in [0, 0.1) is 25.7 Å². The van der Waals surface area contributed by atoms with Crippen molar-refractivity contribution in [3.8, 4) is 11.5 Å². The fraction of sp³-hybridized carbons (Fsp3) is 0.647. The molecule has 2 saturated carbocycles. The van der Waals surface area contributed by atoms with Crippen molar-refractivity contribution in [1.29, 1.82) is 0 Å². The van der Waals surface area contributed by atoms with E-state index in [1.807, 2.05) is 0 Å². The first-order valence-electron chi connectivity index (χ1n) is 7.60. The zero-order valence-corrected chi connectivity index (χ0v) is 12.1. The number of rotatable bonds is 6. The van der Waals surface area contributed by atoms with E-state index in [9.17, 15) is 0 Å². The molecule has 0 amide bonds. The summed E-state index contributed by atoms with van der Waals surface area (Å²) in [6.07, 6.45) is 6.71. The maximum atomic E-state index is 5.96. The minimum atomic E-state index is 0.783. The van der Waals surface area contributed by atoms with Gasteiger partial charge in [0, 0.05) is 0 Å². The number of benzene rings is 1. The largest absolute Gasteiger partial charge is 0.493 e. The summed E-state index contributed by atoms with van der Waals surface area (Å²) in [4.78, 5) is 0. The van der Waals surface area contributed by atoms with E-state index in [0.717, 1.165) is 36.5 Å². The Morgan fingerprint density at radius 2 is 1.32 bits per heavy atom. The summed E-state index contributed by atoms with van der Waals surface area (Å²) in [5, 5.41) is 0. The highest BCUT2D eigenvalue weighted by Crippen LogP contribution is 2.34. The van der Waals surface area contributed by atoms with Crippen LogP contribution in [0.4, 0.5) is 0 Å². The molecule has 0 spiro atoms. The van der Waals surface area contributed by atoms with Crippen molar-refractivity contribution in [2.24, 2.45) is 11.8 Å².